The molecule has 0 spiro atoms. The largest absolute Gasteiger partial charge is 0.314 e. The van der Waals surface area contributed by atoms with Crippen molar-refractivity contribution >= 4 is 34.1 Å². The van der Waals surface area contributed by atoms with Crippen molar-refractivity contribution in [1.82, 2.24) is 19.7 Å². The van der Waals surface area contributed by atoms with Gasteiger partial charge >= 0.3 is 0 Å². The molecule has 1 N–H and O–H groups in total. The predicted octanol–water partition coefficient (Wildman–Crippen LogP) is 4.84. The minimum absolute atomic E-state index is 0.350. The van der Waals surface area contributed by atoms with Gasteiger partial charge in [-0.15, -0.1) is 0 Å². The molecular formula is C15H16Cl2N4. The van der Waals surface area contributed by atoms with E-state index in [1.54, 1.807) is 0 Å². The summed E-state index contributed by atoms with van der Waals surface area (Å²) in [6, 6.07) is 4.07. The molecule has 0 fully saturated rings. The Morgan fingerprint density at radius 3 is 2.86 bits per heavy atom. The molecule has 2 aromatic heterocycles. The molecule has 0 aliphatic rings. The van der Waals surface area contributed by atoms with Crippen LogP contribution in [0.5, 0.6) is 0 Å². The Labute approximate surface area is 133 Å². The number of benzene rings is 1. The van der Waals surface area contributed by atoms with Crippen molar-refractivity contribution in [3.63, 3.8) is 0 Å². The lowest BCUT2D eigenvalue weighted by molar-refractivity contribution is 0.637. The molecule has 3 rings (SSSR count). The summed E-state index contributed by atoms with van der Waals surface area (Å²) in [5.74, 6) is 0.808. The summed E-state index contributed by atoms with van der Waals surface area (Å²) >= 11 is 12.5. The van der Waals surface area contributed by atoms with Crippen LogP contribution in [0.15, 0.2) is 18.3 Å². The molecule has 0 bridgehead atoms. The molecule has 0 saturated carbocycles. The third-order valence-corrected chi connectivity index (χ3v) is 4.40. The number of aromatic nitrogens is 4. The van der Waals surface area contributed by atoms with Crippen molar-refractivity contribution in [1.29, 1.82) is 0 Å². The van der Waals surface area contributed by atoms with Gasteiger partial charge in [0.2, 0.25) is 0 Å². The van der Waals surface area contributed by atoms with E-state index >= 15 is 0 Å². The Kier molecular flexibility index (Phi) is 3.91. The first-order valence-corrected chi connectivity index (χ1v) is 7.73. The topological polar surface area (TPSA) is 46.5 Å². The highest BCUT2D eigenvalue weighted by Crippen LogP contribution is 2.35. The smallest absolute Gasteiger partial charge is 0.166 e. The number of unbranched alkanes of at least 4 members (excludes halogenated alkanes) is 1. The molecule has 2 heterocycles. The van der Waals surface area contributed by atoms with E-state index in [0.717, 1.165) is 47.2 Å². The summed E-state index contributed by atoms with van der Waals surface area (Å²) in [4.78, 5) is 4.48. The maximum atomic E-state index is 6.32. The van der Waals surface area contributed by atoms with Crippen molar-refractivity contribution in [2.45, 2.75) is 33.2 Å². The van der Waals surface area contributed by atoms with Gasteiger partial charge in [0.1, 0.15) is 11.0 Å². The first-order valence-electron chi connectivity index (χ1n) is 6.98. The standard InChI is InChI=1S/C15H16Cl2N4/c1-3-4-7-21-14(17)13(16)19-15(21)12-9(2)5-6-11-10(12)8-18-20-11/h5-6,8H,3-4,7H2,1-2H3,(H,18,20). The fourth-order valence-corrected chi connectivity index (χ4v) is 2.93. The summed E-state index contributed by atoms with van der Waals surface area (Å²) in [5.41, 5.74) is 3.14. The van der Waals surface area contributed by atoms with Gasteiger partial charge in [-0.2, -0.15) is 5.10 Å². The maximum absolute atomic E-state index is 6.32. The zero-order chi connectivity index (χ0) is 15.0. The minimum Gasteiger partial charge on any atom is -0.314 e. The van der Waals surface area contributed by atoms with E-state index in [0.29, 0.717) is 10.3 Å². The average molecular weight is 323 g/mol. The second-order valence-electron chi connectivity index (χ2n) is 5.11. The highest BCUT2D eigenvalue weighted by Gasteiger charge is 2.19. The number of aromatic amines is 1. The molecular weight excluding hydrogens is 307 g/mol. The number of hydrogen-bond acceptors (Lipinski definition) is 2. The number of nitrogens with one attached hydrogen (secondary N) is 1. The molecule has 6 heteroatoms. The van der Waals surface area contributed by atoms with Gasteiger partial charge < -0.3 is 4.57 Å². The van der Waals surface area contributed by atoms with E-state index in [-0.39, 0.29) is 0 Å². The lowest BCUT2D eigenvalue weighted by atomic mass is 10.0. The molecule has 0 amide bonds. The molecule has 4 nitrogen and oxygen atoms in total. The minimum atomic E-state index is 0.350. The third-order valence-electron chi connectivity index (χ3n) is 3.66. The van der Waals surface area contributed by atoms with Crippen LogP contribution >= 0.6 is 23.2 Å². The fourth-order valence-electron chi connectivity index (χ4n) is 2.54. The van der Waals surface area contributed by atoms with Gasteiger partial charge in [-0.1, -0.05) is 42.6 Å². The maximum Gasteiger partial charge on any atom is 0.166 e. The van der Waals surface area contributed by atoms with Crippen LogP contribution in [0.4, 0.5) is 0 Å². The zero-order valence-electron chi connectivity index (χ0n) is 12.0. The molecule has 0 aliphatic heterocycles. The van der Waals surface area contributed by atoms with E-state index in [1.165, 1.54) is 0 Å². The van der Waals surface area contributed by atoms with E-state index in [9.17, 15) is 0 Å². The van der Waals surface area contributed by atoms with E-state index in [2.05, 4.69) is 35.1 Å². The van der Waals surface area contributed by atoms with Crippen LogP contribution in [0.2, 0.25) is 10.3 Å². The summed E-state index contributed by atoms with van der Waals surface area (Å²) in [6.07, 6.45) is 3.93. The Bertz CT molecular complexity index is 788. The second kappa shape index (κ2) is 5.70. The van der Waals surface area contributed by atoms with Crippen LogP contribution < -0.4 is 0 Å². The lowest BCUT2D eigenvalue weighted by Crippen LogP contribution is -2.02. The first kappa shape index (κ1) is 14.4. The van der Waals surface area contributed by atoms with Crippen LogP contribution in [0.3, 0.4) is 0 Å². The Hall–Kier alpha value is -1.52. The molecule has 110 valence electrons. The van der Waals surface area contributed by atoms with Crippen molar-refractivity contribution in [2.75, 3.05) is 0 Å². The molecule has 0 saturated heterocycles. The summed E-state index contributed by atoms with van der Waals surface area (Å²) < 4.78 is 1.99. The van der Waals surface area contributed by atoms with Crippen LogP contribution in [-0.4, -0.2) is 19.7 Å². The summed E-state index contributed by atoms with van der Waals surface area (Å²) in [6.45, 7) is 5.01. The van der Waals surface area contributed by atoms with Crippen molar-refractivity contribution in [3.05, 3.63) is 34.2 Å². The van der Waals surface area contributed by atoms with E-state index in [1.807, 2.05) is 16.8 Å². The quantitative estimate of drug-likeness (QED) is 0.746. The molecule has 0 aliphatic carbocycles. The summed E-state index contributed by atoms with van der Waals surface area (Å²) in [5, 5.41) is 8.99. The molecule has 3 aromatic rings. The number of H-pyrrole nitrogens is 1. The van der Waals surface area contributed by atoms with Crippen molar-refractivity contribution in [3.8, 4) is 11.4 Å². The predicted molar refractivity (Wildman–Crippen MR) is 87.0 cm³/mol. The number of imidazole rings is 1. The lowest BCUT2D eigenvalue weighted by Gasteiger charge is -2.11. The molecule has 0 atom stereocenters. The SMILES string of the molecule is CCCCn1c(-c2c(C)ccc3[nH]ncc23)nc(Cl)c1Cl. The van der Waals surface area contributed by atoms with Crippen molar-refractivity contribution < 1.29 is 0 Å². The molecule has 1 aromatic carbocycles. The van der Waals surface area contributed by atoms with Crippen LogP contribution in [0, 0.1) is 6.92 Å². The average Bonchev–Trinajstić information content (AvgIpc) is 3.03. The number of rotatable bonds is 4. The normalized spacial score (nSPS) is 11.4. The summed E-state index contributed by atoms with van der Waals surface area (Å²) in [7, 11) is 0. The van der Waals surface area contributed by atoms with Gasteiger partial charge in [0, 0.05) is 17.5 Å². The van der Waals surface area contributed by atoms with E-state index < -0.39 is 0 Å². The van der Waals surface area contributed by atoms with Gasteiger partial charge in [0.25, 0.3) is 0 Å². The van der Waals surface area contributed by atoms with Crippen LogP contribution in [-0.2, 0) is 6.54 Å². The number of aryl methyl sites for hydroxylation is 1. The number of hydrogen-bond donors (Lipinski definition) is 1. The highest BCUT2D eigenvalue weighted by molar-refractivity contribution is 6.40. The van der Waals surface area contributed by atoms with Gasteiger partial charge in [0.05, 0.1) is 11.7 Å². The zero-order valence-corrected chi connectivity index (χ0v) is 13.5. The molecule has 21 heavy (non-hydrogen) atoms. The van der Waals surface area contributed by atoms with Crippen molar-refractivity contribution in [2.24, 2.45) is 0 Å². The Morgan fingerprint density at radius 1 is 1.29 bits per heavy atom. The fraction of sp³-hybridized carbons (Fsp3) is 0.333. The Morgan fingerprint density at radius 2 is 2.10 bits per heavy atom. The van der Waals surface area contributed by atoms with Gasteiger partial charge in [0.15, 0.2) is 5.15 Å². The van der Waals surface area contributed by atoms with Gasteiger partial charge in [-0.3, -0.25) is 5.10 Å². The third kappa shape index (κ3) is 2.43. The second-order valence-corrected chi connectivity index (χ2v) is 5.83. The van der Waals surface area contributed by atoms with Gasteiger partial charge in [-0.25, -0.2) is 4.98 Å². The Balaban J connectivity index is 2.25. The molecule has 0 unspecified atom stereocenters. The van der Waals surface area contributed by atoms with E-state index in [4.69, 9.17) is 23.2 Å². The number of fused-ring (bicyclic) bond motifs is 1. The van der Waals surface area contributed by atoms with Crippen LogP contribution in [0.1, 0.15) is 25.3 Å². The number of halogens is 2. The monoisotopic (exact) mass is 322 g/mol. The first-order chi connectivity index (χ1) is 10.1. The van der Waals surface area contributed by atoms with Crippen LogP contribution in [0.25, 0.3) is 22.3 Å². The van der Waals surface area contributed by atoms with Gasteiger partial charge in [-0.05, 0) is 25.0 Å². The molecule has 0 radical (unpaired) electrons. The number of nitrogens with zero attached hydrogens (tertiary/aromatic N) is 3. The highest BCUT2D eigenvalue weighted by atomic mass is 35.5.